The van der Waals surface area contributed by atoms with E-state index in [1.165, 1.54) is 10.4 Å². The lowest BCUT2D eigenvalue weighted by atomic mass is 10.3. The van der Waals surface area contributed by atoms with Gasteiger partial charge in [-0.15, -0.1) is 21.5 Å². The third-order valence-corrected chi connectivity index (χ3v) is 4.65. The second-order valence-electron chi connectivity index (χ2n) is 3.90. The SMILES string of the molecule is CCCc1nnc2sc(-c3sccc3C)nn12. The lowest BCUT2D eigenvalue weighted by molar-refractivity contribution is 0.778. The van der Waals surface area contributed by atoms with Crippen molar-refractivity contribution in [3.63, 3.8) is 0 Å². The third kappa shape index (κ3) is 1.77. The van der Waals surface area contributed by atoms with Crippen LogP contribution in [0.4, 0.5) is 0 Å². The molecule has 0 fully saturated rings. The molecule has 6 heteroatoms. The standard InChI is InChI=1S/C11H12N4S2/c1-3-4-8-12-13-11-15(8)14-10(17-11)9-7(2)5-6-16-9/h5-6H,3-4H2,1-2H3. The maximum Gasteiger partial charge on any atom is 0.235 e. The second-order valence-corrected chi connectivity index (χ2v) is 5.77. The minimum atomic E-state index is 0.885. The molecule has 3 rings (SSSR count). The van der Waals surface area contributed by atoms with E-state index < -0.39 is 0 Å². The van der Waals surface area contributed by atoms with Crippen LogP contribution in [0.5, 0.6) is 0 Å². The smallest absolute Gasteiger partial charge is 0.187 e. The first-order valence-corrected chi connectivity index (χ1v) is 7.24. The fourth-order valence-corrected chi connectivity index (χ4v) is 3.66. The molecular formula is C11H12N4S2. The van der Waals surface area contributed by atoms with Gasteiger partial charge in [-0.25, -0.2) is 0 Å². The van der Waals surface area contributed by atoms with Crippen LogP contribution in [0.2, 0.25) is 0 Å². The second kappa shape index (κ2) is 4.19. The monoisotopic (exact) mass is 264 g/mol. The van der Waals surface area contributed by atoms with Crippen molar-refractivity contribution < 1.29 is 0 Å². The van der Waals surface area contributed by atoms with Crippen molar-refractivity contribution in [2.24, 2.45) is 0 Å². The molecule has 0 saturated heterocycles. The summed E-state index contributed by atoms with van der Waals surface area (Å²) in [6.07, 6.45) is 1.99. The van der Waals surface area contributed by atoms with Gasteiger partial charge >= 0.3 is 0 Å². The Bertz CT molecular complexity index is 649. The molecule has 0 bridgehead atoms. The zero-order valence-corrected chi connectivity index (χ0v) is 11.3. The van der Waals surface area contributed by atoms with Crippen molar-refractivity contribution >= 4 is 27.6 Å². The van der Waals surface area contributed by atoms with Crippen LogP contribution in [0.3, 0.4) is 0 Å². The Kier molecular flexibility index (Phi) is 2.68. The lowest BCUT2D eigenvalue weighted by Crippen LogP contribution is -1.95. The summed E-state index contributed by atoms with van der Waals surface area (Å²) in [6, 6.07) is 2.12. The quantitative estimate of drug-likeness (QED) is 0.729. The van der Waals surface area contributed by atoms with Crippen LogP contribution in [0, 0.1) is 6.92 Å². The number of hydrogen-bond acceptors (Lipinski definition) is 5. The minimum absolute atomic E-state index is 0.885. The summed E-state index contributed by atoms with van der Waals surface area (Å²) in [5.74, 6) is 0.958. The molecule has 4 nitrogen and oxygen atoms in total. The molecule has 0 N–H and O–H groups in total. The van der Waals surface area contributed by atoms with Crippen molar-refractivity contribution in [1.29, 1.82) is 0 Å². The number of thiophene rings is 1. The molecule has 0 saturated carbocycles. The number of aromatic nitrogens is 4. The molecule has 0 amide bonds. The average Bonchev–Trinajstić information content (AvgIpc) is 2.95. The van der Waals surface area contributed by atoms with Crippen LogP contribution in [0.25, 0.3) is 14.8 Å². The Morgan fingerprint density at radius 2 is 2.24 bits per heavy atom. The van der Waals surface area contributed by atoms with Gasteiger partial charge in [-0.1, -0.05) is 18.3 Å². The van der Waals surface area contributed by atoms with Gasteiger partial charge in [0.15, 0.2) is 10.8 Å². The molecule has 0 aliphatic rings. The van der Waals surface area contributed by atoms with Gasteiger partial charge in [-0.2, -0.15) is 9.61 Å². The maximum atomic E-state index is 4.62. The van der Waals surface area contributed by atoms with Gasteiger partial charge in [-0.05, 0) is 30.4 Å². The van der Waals surface area contributed by atoms with Gasteiger partial charge in [0, 0.05) is 6.42 Å². The summed E-state index contributed by atoms with van der Waals surface area (Å²) in [5, 5.41) is 16.1. The van der Waals surface area contributed by atoms with Crippen LogP contribution >= 0.6 is 22.7 Å². The van der Waals surface area contributed by atoms with Crippen LogP contribution in [-0.4, -0.2) is 19.8 Å². The Balaban J connectivity index is 2.11. The zero-order chi connectivity index (χ0) is 11.8. The molecule has 0 aromatic carbocycles. The Morgan fingerprint density at radius 3 is 2.94 bits per heavy atom. The lowest BCUT2D eigenvalue weighted by Gasteiger charge is -1.92. The van der Waals surface area contributed by atoms with Crippen molar-refractivity contribution in [2.45, 2.75) is 26.7 Å². The number of hydrogen-bond donors (Lipinski definition) is 0. The summed E-state index contributed by atoms with van der Waals surface area (Å²) >= 11 is 3.33. The normalized spacial score (nSPS) is 11.4. The highest BCUT2D eigenvalue weighted by Crippen LogP contribution is 2.32. The molecule has 0 aliphatic heterocycles. The van der Waals surface area contributed by atoms with E-state index >= 15 is 0 Å². The van der Waals surface area contributed by atoms with Crippen molar-refractivity contribution in [1.82, 2.24) is 19.8 Å². The van der Waals surface area contributed by atoms with E-state index in [1.807, 2.05) is 4.52 Å². The summed E-state index contributed by atoms with van der Waals surface area (Å²) in [4.78, 5) is 2.12. The molecule has 3 heterocycles. The van der Waals surface area contributed by atoms with Crippen LogP contribution in [0.1, 0.15) is 24.7 Å². The fraction of sp³-hybridized carbons (Fsp3) is 0.364. The molecule has 0 unspecified atom stereocenters. The van der Waals surface area contributed by atoms with Gasteiger partial charge in [0.05, 0.1) is 4.88 Å². The Morgan fingerprint density at radius 1 is 1.35 bits per heavy atom. The fourth-order valence-electron chi connectivity index (χ4n) is 1.72. The molecule has 3 aromatic heterocycles. The van der Waals surface area contributed by atoms with E-state index in [0.29, 0.717) is 0 Å². The first-order chi connectivity index (χ1) is 8.29. The number of aryl methyl sites for hydroxylation is 2. The number of nitrogens with zero attached hydrogens (tertiary/aromatic N) is 4. The molecule has 3 aromatic rings. The van der Waals surface area contributed by atoms with E-state index in [1.54, 1.807) is 22.7 Å². The van der Waals surface area contributed by atoms with Crippen LogP contribution < -0.4 is 0 Å². The molecule has 0 radical (unpaired) electrons. The molecule has 0 atom stereocenters. The van der Waals surface area contributed by atoms with Crippen molar-refractivity contribution in [3.8, 4) is 9.88 Å². The summed E-state index contributed by atoms with van der Waals surface area (Å²) in [7, 11) is 0. The van der Waals surface area contributed by atoms with E-state index in [-0.39, 0.29) is 0 Å². The van der Waals surface area contributed by atoms with E-state index in [0.717, 1.165) is 28.6 Å². The highest BCUT2D eigenvalue weighted by atomic mass is 32.1. The predicted octanol–water partition coefficient (Wildman–Crippen LogP) is 3.18. The third-order valence-electron chi connectivity index (χ3n) is 2.59. The molecular weight excluding hydrogens is 252 g/mol. The van der Waals surface area contributed by atoms with Gasteiger partial charge in [0.25, 0.3) is 0 Å². The molecule has 17 heavy (non-hydrogen) atoms. The topological polar surface area (TPSA) is 43.1 Å². The van der Waals surface area contributed by atoms with Crippen molar-refractivity contribution in [3.05, 3.63) is 22.8 Å². The molecule has 88 valence electrons. The number of fused-ring (bicyclic) bond motifs is 1. The molecule has 0 spiro atoms. The Hall–Kier alpha value is -1.27. The maximum absolute atomic E-state index is 4.62. The van der Waals surface area contributed by atoms with Gasteiger partial charge in [0.1, 0.15) is 0 Å². The first kappa shape index (κ1) is 10.9. The minimum Gasteiger partial charge on any atom is -0.187 e. The van der Waals surface area contributed by atoms with Gasteiger partial charge in [0.2, 0.25) is 4.96 Å². The average molecular weight is 264 g/mol. The van der Waals surface area contributed by atoms with Crippen LogP contribution in [-0.2, 0) is 6.42 Å². The highest BCUT2D eigenvalue weighted by molar-refractivity contribution is 7.23. The van der Waals surface area contributed by atoms with E-state index in [9.17, 15) is 0 Å². The van der Waals surface area contributed by atoms with Gasteiger partial charge < -0.3 is 0 Å². The number of rotatable bonds is 3. The zero-order valence-electron chi connectivity index (χ0n) is 9.67. The highest BCUT2D eigenvalue weighted by Gasteiger charge is 2.14. The summed E-state index contributed by atoms with van der Waals surface area (Å²) < 4.78 is 1.88. The largest absolute Gasteiger partial charge is 0.235 e. The summed E-state index contributed by atoms with van der Waals surface area (Å²) in [5.41, 5.74) is 1.28. The van der Waals surface area contributed by atoms with Gasteiger partial charge in [-0.3, -0.25) is 0 Å². The molecule has 0 aliphatic carbocycles. The van der Waals surface area contributed by atoms with Crippen LogP contribution in [0.15, 0.2) is 11.4 Å². The van der Waals surface area contributed by atoms with E-state index in [4.69, 9.17) is 0 Å². The predicted molar refractivity (Wildman–Crippen MR) is 70.7 cm³/mol. The first-order valence-electron chi connectivity index (χ1n) is 5.55. The van der Waals surface area contributed by atoms with E-state index in [2.05, 4.69) is 40.6 Å². The Labute approximate surface area is 107 Å². The summed E-state index contributed by atoms with van der Waals surface area (Å²) in [6.45, 7) is 4.25. The van der Waals surface area contributed by atoms with Crippen molar-refractivity contribution in [2.75, 3.05) is 0 Å².